The normalized spacial score (nSPS) is 11.3. The molecule has 9 heteroatoms. The molecule has 0 spiro atoms. The fourth-order valence-corrected chi connectivity index (χ4v) is 3.04. The zero-order valence-electron chi connectivity index (χ0n) is 16.9. The molecule has 0 radical (unpaired) electrons. The number of alkyl halides is 3. The van der Waals surface area contributed by atoms with Crippen LogP contribution in [0.3, 0.4) is 0 Å². The van der Waals surface area contributed by atoms with Gasteiger partial charge in [0.25, 0.3) is 5.91 Å². The third-order valence-corrected chi connectivity index (χ3v) is 4.62. The van der Waals surface area contributed by atoms with Crippen molar-refractivity contribution in [2.24, 2.45) is 0 Å². The number of aryl methyl sites for hydroxylation is 1. The van der Waals surface area contributed by atoms with Crippen LogP contribution in [0.4, 0.5) is 13.2 Å². The van der Waals surface area contributed by atoms with Crippen LogP contribution >= 0.6 is 0 Å². The number of benzene rings is 2. The second-order valence-electron chi connectivity index (χ2n) is 6.78. The molecule has 31 heavy (non-hydrogen) atoms. The van der Waals surface area contributed by atoms with Crippen LogP contribution in [-0.4, -0.2) is 29.3 Å². The Balaban J connectivity index is 1.82. The van der Waals surface area contributed by atoms with Crippen LogP contribution < -0.4 is 15.5 Å². The summed E-state index contributed by atoms with van der Waals surface area (Å²) in [6.45, 7) is 1.67. The first-order chi connectivity index (χ1) is 14.7. The number of hydrogen-bond donors (Lipinski definition) is 1. The summed E-state index contributed by atoms with van der Waals surface area (Å²) in [6, 6.07) is 13.2. The van der Waals surface area contributed by atoms with Gasteiger partial charge in [0.2, 0.25) is 5.43 Å². The molecule has 1 amide bonds. The number of aromatic nitrogens is 2. The van der Waals surface area contributed by atoms with Crippen molar-refractivity contribution in [3.05, 3.63) is 87.3 Å². The fourth-order valence-electron chi connectivity index (χ4n) is 3.04. The molecule has 0 saturated heterocycles. The number of amides is 1. The molecule has 0 bridgehead atoms. The van der Waals surface area contributed by atoms with E-state index in [9.17, 15) is 22.8 Å². The molecule has 0 aliphatic carbocycles. The lowest BCUT2D eigenvalue weighted by Crippen LogP contribution is -2.33. The Labute approximate surface area is 176 Å². The second kappa shape index (κ2) is 9.03. The Bertz CT molecular complexity index is 1140. The number of para-hydroxylation sites is 1. The summed E-state index contributed by atoms with van der Waals surface area (Å²) in [4.78, 5) is 24.8. The largest absolute Gasteiger partial charge is 0.497 e. The van der Waals surface area contributed by atoms with Crippen molar-refractivity contribution < 1.29 is 22.7 Å². The summed E-state index contributed by atoms with van der Waals surface area (Å²) >= 11 is 0. The van der Waals surface area contributed by atoms with Gasteiger partial charge in [-0.1, -0.05) is 24.3 Å². The smallest absolute Gasteiger partial charge is 0.418 e. The van der Waals surface area contributed by atoms with E-state index in [1.807, 2.05) is 12.1 Å². The summed E-state index contributed by atoms with van der Waals surface area (Å²) in [5.41, 5.74) is -1.21. The van der Waals surface area contributed by atoms with Gasteiger partial charge in [-0.2, -0.15) is 18.3 Å². The quantitative estimate of drug-likeness (QED) is 0.648. The minimum atomic E-state index is -4.62. The lowest BCUT2D eigenvalue weighted by atomic mass is 10.1. The molecular weight excluding hydrogens is 411 g/mol. The minimum Gasteiger partial charge on any atom is -0.497 e. The molecule has 2 aromatic carbocycles. The summed E-state index contributed by atoms with van der Waals surface area (Å²) in [5.74, 6) is -0.0481. The predicted molar refractivity (Wildman–Crippen MR) is 109 cm³/mol. The average Bonchev–Trinajstić information content (AvgIpc) is 2.73. The van der Waals surface area contributed by atoms with Gasteiger partial charge in [0.05, 0.1) is 18.4 Å². The zero-order valence-corrected chi connectivity index (χ0v) is 16.9. The summed E-state index contributed by atoms with van der Waals surface area (Å²) < 4.78 is 46.2. The first-order valence-corrected chi connectivity index (χ1v) is 9.39. The van der Waals surface area contributed by atoms with Crippen LogP contribution in [-0.2, 0) is 12.6 Å². The lowest BCUT2D eigenvalue weighted by molar-refractivity contribution is -0.137. The Morgan fingerprint density at radius 1 is 1.13 bits per heavy atom. The molecule has 0 aliphatic heterocycles. The number of nitrogens with zero attached hydrogens (tertiary/aromatic N) is 2. The molecule has 1 N–H and O–H groups in total. The monoisotopic (exact) mass is 431 g/mol. The van der Waals surface area contributed by atoms with Crippen LogP contribution in [0.2, 0.25) is 0 Å². The van der Waals surface area contributed by atoms with E-state index < -0.39 is 28.8 Å². The Kier molecular flexibility index (Phi) is 6.43. The van der Waals surface area contributed by atoms with E-state index in [4.69, 9.17) is 4.74 Å². The number of carbonyl (C=O) groups is 1. The van der Waals surface area contributed by atoms with Crippen molar-refractivity contribution in [1.82, 2.24) is 15.1 Å². The number of nitrogens with one attached hydrogen (secondary N) is 1. The Hall–Kier alpha value is -3.62. The van der Waals surface area contributed by atoms with Gasteiger partial charge in [0, 0.05) is 18.3 Å². The maximum Gasteiger partial charge on any atom is 0.418 e. The van der Waals surface area contributed by atoms with Gasteiger partial charge < -0.3 is 10.1 Å². The van der Waals surface area contributed by atoms with Gasteiger partial charge in [-0.05, 0) is 43.2 Å². The third kappa shape index (κ3) is 5.11. The van der Waals surface area contributed by atoms with Crippen molar-refractivity contribution >= 4 is 5.91 Å². The van der Waals surface area contributed by atoms with Crippen molar-refractivity contribution in [3.8, 4) is 11.4 Å². The van der Waals surface area contributed by atoms with E-state index in [1.165, 1.54) is 25.1 Å². The Morgan fingerprint density at radius 3 is 2.45 bits per heavy atom. The number of methoxy groups -OCH3 is 1. The number of rotatable bonds is 6. The van der Waals surface area contributed by atoms with E-state index in [-0.39, 0.29) is 17.9 Å². The number of carbonyl (C=O) groups excluding carboxylic acids is 1. The van der Waals surface area contributed by atoms with Gasteiger partial charge >= 0.3 is 6.18 Å². The highest BCUT2D eigenvalue weighted by Crippen LogP contribution is 2.33. The van der Waals surface area contributed by atoms with Gasteiger partial charge in [-0.25, -0.2) is 4.68 Å². The van der Waals surface area contributed by atoms with Crippen LogP contribution in [0.25, 0.3) is 5.69 Å². The van der Waals surface area contributed by atoms with E-state index in [2.05, 4.69) is 10.4 Å². The minimum absolute atomic E-state index is 0.177. The van der Waals surface area contributed by atoms with Crippen LogP contribution in [0.15, 0.2) is 59.4 Å². The molecule has 1 aromatic heterocycles. The van der Waals surface area contributed by atoms with Gasteiger partial charge in [0.15, 0.2) is 5.69 Å². The first kappa shape index (κ1) is 22.1. The van der Waals surface area contributed by atoms with E-state index >= 15 is 0 Å². The van der Waals surface area contributed by atoms with Crippen LogP contribution in [0.1, 0.15) is 27.3 Å². The molecule has 3 rings (SSSR count). The Morgan fingerprint density at radius 2 is 1.81 bits per heavy atom. The molecule has 0 saturated carbocycles. The molecule has 6 nitrogen and oxygen atoms in total. The van der Waals surface area contributed by atoms with Crippen molar-refractivity contribution in [1.29, 1.82) is 0 Å². The van der Waals surface area contributed by atoms with Crippen molar-refractivity contribution in [2.75, 3.05) is 13.7 Å². The van der Waals surface area contributed by atoms with Crippen molar-refractivity contribution in [3.63, 3.8) is 0 Å². The van der Waals surface area contributed by atoms with E-state index in [0.717, 1.165) is 22.4 Å². The molecule has 0 fully saturated rings. The third-order valence-electron chi connectivity index (χ3n) is 4.62. The highest BCUT2D eigenvalue weighted by atomic mass is 19.4. The summed E-state index contributed by atoms with van der Waals surface area (Å²) in [7, 11) is 1.56. The number of hydrogen-bond acceptors (Lipinski definition) is 4. The van der Waals surface area contributed by atoms with Gasteiger partial charge in [0.1, 0.15) is 5.75 Å². The van der Waals surface area contributed by atoms with Gasteiger partial charge in [-0.15, -0.1) is 0 Å². The molecule has 0 aliphatic rings. The SMILES string of the molecule is COc1ccc(CCNC(=O)c2nn(-c3ccccc3C(F)(F)F)c(C)cc2=O)cc1. The second-order valence-corrected chi connectivity index (χ2v) is 6.78. The van der Waals surface area contributed by atoms with Gasteiger partial charge in [-0.3, -0.25) is 9.59 Å². The van der Waals surface area contributed by atoms with Crippen LogP contribution in [0.5, 0.6) is 5.75 Å². The maximum absolute atomic E-state index is 13.4. The first-order valence-electron chi connectivity index (χ1n) is 9.39. The number of ether oxygens (including phenoxy) is 1. The average molecular weight is 431 g/mol. The zero-order chi connectivity index (χ0) is 22.6. The topological polar surface area (TPSA) is 73.2 Å². The summed E-state index contributed by atoms with van der Waals surface area (Å²) in [6.07, 6.45) is -4.12. The molecule has 1 heterocycles. The standard InChI is InChI=1S/C22H20F3N3O3/c1-14-13-19(29)20(21(30)26-12-11-15-7-9-16(31-2)10-8-15)27-28(14)18-6-4-3-5-17(18)22(23,24)25/h3-10,13H,11-12H2,1-2H3,(H,26,30). The molecule has 0 unspecified atom stereocenters. The van der Waals surface area contributed by atoms with E-state index in [0.29, 0.717) is 12.2 Å². The maximum atomic E-state index is 13.4. The molecule has 3 aromatic rings. The van der Waals surface area contributed by atoms with Crippen LogP contribution in [0, 0.1) is 6.92 Å². The lowest BCUT2D eigenvalue weighted by Gasteiger charge is -2.16. The van der Waals surface area contributed by atoms with E-state index in [1.54, 1.807) is 19.2 Å². The predicted octanol–water partition coefficient (Wildman–Crippen LogP) is 3.54. The fraction of sp³-hybridized carbons (Fsp3) is 0.227. The molecule has 162 valence electrons. The summed E-state index contributed by atoms with van der Waals surface area (Å²) in [5, 5.41) is 6.53. The number of halogens is 3. The molecular formula is C22H20F3N3O3. The highest BCUT2D eigenvalue weighted by Gasteiger charge is 2.34. The molecule has 0 atom stereocenters. The van der Waals surface area contributed by atoms with Crippen molar-refractivity contribution in [2.45, 2.75) is 19.5 Å². The highest BCUT2D eigenvalue weighted by molar-refractivity contribution is 5.92.